The molecule has 0 aliphatic heterocycles. The molecule has 0 aliphatic carbocycles. The van der Waals surface area contributed by atoms with Crippen LogP contribution in [0.1, 0.15) is 9.60 Å². The molecule has 66 valence electrons. The summed E-state index contributed by atoms with van der Waals surface area (Å²) in [5, 5.41) is 1.61. The molecule has 0 fully saturated rings. The fourth-order valence-electron chi connectivity index (χ4n) is 1.47. The first kappa shape index (κ1) is 3.39. The summed E-state index contributed by atoms with van der Waals surface area (Å²) in [6.45, 7) is 0. The first-order valence-corrected chi connectivity index (χ1v) is 4.23. The number of rotatable bonds is 0. The first-order chi connectivity index (χ1) is 9.82. The minimum atomic E-state index is -0.318. The Balaban J connectivity index is 2.59. The molecule has 0 radical (unpaired) electrons. The average molecular weight is 185 g/mol. The molecule has 0 bridgehead atoms. The third kappa shape index (κ3) is 1.08. The van der Waals surface area contributed by atoms with E-state index in [-0.39, 0.29) is 42.3 Å². The van der Waals surface area contributed by atoms with Crippen molar-refractivity contribution < 1.29 is 9.60 Å². The quantitative estimate of drug-likeness (QED) is 0.464. The molecule has 0 nitrogen and oxygen atoms in total. The Kier molecular flexibility index (Phi) is 0.690. The van der Waals surface area contributed by atoms with Gasteiger partial charge in [-0.25, -0.2) is 0 Å². The van der Waals surface area contributed by atoms with Gasteiger partial charge in [0, 0.05) is 0 Å². The predicted octanol–water partition coefficient (Wildman–Crippen LogP) is 3.99. The first-order valence-electron chi connectivity index (χ1n) is 7.73. The topological polar surface area (TPSA) is 0 Å². The second kappa shape index (κ2) is 2.85. The number of benzene rings is 3. The van der Waals surface area contributed by atoms with Crippen LogP contribution in [-0.2, 0) is 0 Å². The summed E-state index contributed by atoms with van der Waals surface area (Å²) in [5.74, 6) is 0. The zero-order valence-corrected chi connectivity index (χ0v) is 7.23. The molecule has 0 spiro atoms. The lowest BCUT2D eigenvalue weighted by molar-refractivity contribution is 1.76. The summed E-state index contributed by atoms with van der Waals surface area (Å²) in [5.41, 5.74) is 0. The maximum atomic E-state index is 7.93. The molecule has 14 heavy (non-hydrogen) atoms. The molecule has 3 aromatic carbocycles. The Morgan fingerprint density at radius 2 is 1.14 bits per heavy atom. The molecule has 0 unspecified atom stereocenters. The summed E-state index contributed by atoms with van der Waals surface area (Å²) in [4.78, 5) is 0. The van der Waals surface area contributed by atoms with E-state index in [2.05, 4.69) is 0 Å². The van der Waals surface area contributed by atoms with E-state index >= 15 is 0 Å². The van der Waals surface area contributed by atoms with Gasteiger partial charge in [-0.2, -0.15) is 0 Å². The molecule has 0 heterocycles. The Bertz CT molecular complexity index is 915. The van der Waals surface area contributed by atoms with Gasteiger partial charge in [0.25, 0.3) is 0 Å². The van der Waals surface area contributed by atoms with Crippen molar-refractivity contribution in [3.8, 4) is 0 Å². The Hall–Kier alpha value is -1.82. The molecular weight excluding hydrogens is 168 g/mol. The molecule has 3 rings (SSSR count). The number of fused-ring (bicyclic) bond motifs is 2. The van der Waals surface area contributed by atoms with Gasteiger partial charge in [-0.3, -0.25) is 0 Å². The molecule has 0 atom stereocenters. The lowest BCUT2D eigenvalue weighted by Crippen LogP contribution is -1.74. The highest BCUT2D eigenvalue weighted by atomic mass is 14.0. The molecular formula is C14H10. The highest BCUT2D eigenvalue weighted by Gasteiger charge is 1.95. The molecule has 3 aromatic rings. The smallest absolute Gasteiger partial charge is 0.0616 e. The summed E-state index contributed by atoms with van der Waals surface area (Å²) >= 11 is 0. The van der Waals surface area contributed by atoms with Gasteiger partial charge in [0.15, 0.2) is 0 Å². The van der Waals surface area contributed by atoms with Crippen molar-refractivity contribution in [1.82, 2.24) is 0 Å². The molecule has 0 heteroatoms. The monoisotopic (exact) mass is 185 g/mol. The molecule has 0 aliphatic rings. The second-order valence-electron chi connectivity index (χ2n) is 3.02. The van der Waals surface area contributed by atoms with E-state index in [0.717, 1.165) is 0 Å². The molecule has 0 N–H and O–H groups in total. The van der Waals surface area contributed by atoms with Crippen molar-refractivity contribution in [3.05, 3.63) is 60.5 Å². The highest BCUT2D eigenvalue weighted by Crippen LogP contribution is 2.21. The Morgan fingerprint density at radius 3 is 1.86 bits per heavy atom. The van der Waals surface area contributed by atoms with Crippen molar-refractivity contribution in [3.63, 3.8) is 0 Å². The molecule has 0 amide bonds. The summed E-state index contributed by atoms with van der Waals surface area (Å²) < 4.78 is 54.5. The van der Waals surface area contributed by atoms with E-state index in [1.807, 2.05) is 0 Å². The lowest BCUT2D eigenvalue weighted by atomic mass is 10.0. The van der Waals surface area contributed by atoms with Crippen LogP contribution < -0.4 is 0 Å². The van der Waals surface area contributed by atoms with Gasteiger partial charge in [0.05, 0.1) is 9.60 Å². The van der Waals surface area contributed by atoms with Crippen molar-refractivity contribution in [1.29, 1.82) is 0 Å². The van der Waals surface area contributed by atoms with E-state index in [4.69, 9.17) is 9.60 Å². The van der Waals surface area contributed by atoms with E-state index in [0.29, 0.717) is 21.5 Å². The molecule has 0 aromatic heterocycles. The Labute approximate surface area is 92.6 Å². The molecule has 0 saturated carbocycles. The van der Waals surface area contributed by atoms with Gasteiger partial charge >= 0.3 is 0 Å². The largest absolute Gasteiger partial charge is 0.0629 e. The molecule has 0 saturated heterocycles. The third-order valence-corrected chi connectivity index (χ3v) is 2.14. The van der Waals surface area contributed by atoms with Crippen LogP contribution in [0.2, 0.25) is 0 Å². The van der Waals surface area contributed by atoms with E-state index in [1.165, 1.54) is 12.1 Å². The van der Waals surface area contributed by atoms with Crippen molar-refractivity contribution >= 4 is 21.5 Å². The van der Waals surface area contributed by atoms with Crippen molar-refractivity contribution in [2.45, 2.75) is 0 Å². The minimum absolute atomic E-state index is 0.0762. The highest BCUT2D eigenvalue weighted by molar-refractivity contribution is 5.97. The number of hydrogen-bond acceptors (Lipinski definition) is 0. The second-order valence-corrected chi connectivity index (χ2v) is 3.02. The number of hydrogen-bond donors (Lipinski definition) is 0. The fraction of sp³-hybridized carbons (Fsp3) is 0. The van der Waals surface area contributed by atoms with Gasteiger partial charge in [0.1, 0.15) is 0 Å². The van der Waals surface area contributed by atoms with E-state index in [1.54, 1.807) is 6.07 Å². The van der Waals surface area contributed by atoms with Crippen LogP contribution in [0.25, 0.3) is 21.5 Å². The maximum absolute atomic E-state index is 7.93. The lowest BCUT2D eigenvalue weighted by Gasteiger charge is -2.00. The summed E-state index contributed by atoms with van der Waals surface area (Å²) in [6.07, 6.45) is 0. The van der Waals surface area contributed by atoms with Gasteiger partial charge in [0.2, 0.25) is 0 Å². The standard InChI is InChI=1S/C14H10/c1-2-6-12-10-14-8-4-3-7-13(14)9-11(12)5-1/h1-10H/i1D,2D,3D,4D,5D,6D,7D. The SMILES string of the molecule is [2H]c1cc2cc3c([2H])c([2H])c([2H])c([2H])c3cc2c([2H])c1[2H]. The van der Waals surface area contributed by atoms with E-state index < -0.39 is 0 Å². The predicted molar refractivity (Wildman–Crippen MR) is 61.5 cm³/mol. The normalized spacial score (nSPS) is 17.9. The van der Waals surface area contributed by atoms with E-state index in [9.17, 15) is 0 Å². The Morgan fingerprint density at radius 1 is 0.643 bits per heavy atom. The van der Waals surface area contributed by atoms with Gasteiger partial charge in [-0.1, -0.05) is 48.4 Å². The van der Waals surface area contributed by atoms with Gasteiger partial charge < -0.3 is 0 Å². The van der Waals surface area contributed by atoms with Crippen LogP contribution in [0.5, 0.6) is 0 Å². The van der Waals surface area contributed by atoms with Crippen LogP contribution in [0, 0.1) is 0 Å². The van der Waals surface area contributed by atoms with Gasteiger partial charge in [-0.05, 0) is 33.7 Å². The van der Waals surface area contributed by atoms with Crippen LogP contribution in [0.15, 0.2) is 60.5 Å². The summed E-state index contributed by atoms with van der Waals surface area (Å²) in [7, 11) is 0. The minimum Gasteiger partial charge on any atom is -0.0616 e. The van der Waals surface area contributed by atoms with Gasteiger partial charge in [-0.15, -0.1) is 0 Å². The zero-order chi connectivity index (χ0) is 15.5. The van der Waals surface area contributed by atoms with Crippen molar-refractivity contribution in [2.24, 2.45) is 0 Å². The maximum Gasteiger partial charge on any atom is 0.0629 e. The van der Waals surface area contributed by atoms with Crippen molar-refractivity contribution in [2.75, 3.05) is 0 Å². The van der Waals surface area contributed by atoms with Crippen LogP contribution in [-0.4, -0.2) is 0 Å². The van der Waals surface area contributed by atoms with Crippen LogP contribution >= 0.6 is 0 Å². The zero-order valence-electron chi connectivity index (χ0n) is 14.2. The van der Waals surface area contributed by atoms with Crippen LogP contribution in [0.3, 0.4) is 0 Å². The summed E-state index contributed by atoms with van der Waals surface area (Å²) in [6, 6.07) is 3.20. The fourth-order valence-corrected chi connectivity index (χ4v) is 1.47. The average Bonchev–Trinajstić information content (AvgIpc) is 2.47. The third-order valence-electron chi connectivity index (χ3n) is 2.14. The van der Waals surface area contributed by atoms with Crippen LogP contribution in [0.4, 0.5) is 0 Å².